The van der Waals surface area contributed by atoms with Crippen molar-refractivity contribution in [3.05, 3.63) is 96.1 Å². The van der Waals surface area contributed by atoms with Crippen LogP contribution >= 0.6 is 0 Å². The van der Waals surface area contributed by atoms with Crippen molar-refractivity contribution in [2.75, 3.05) is 14.2 Å². The molecule has 0 aromatic heterocycles. The number of benzene rings is 4. The quantitative estimate of drug-likeness (QED) is 0.323. The molecule has 4 aromatic rings. The molecular formula is C28H24N2O4. The van der Waals surface area contributed by atoms with E-state index in [-0.39, 0.29) is 11.5 Å². The zero-order valence-electron chi connectivity index (χ0n) is 18.8. The Bertz CT molecular complexity index is 1220. The molecule has 0 bridgehead atoms. The third kappa shape index (κ3) is 5.07. The number of hydrogen-bond acceptors (Lipinski definition) is 6. The molecule has 0 aliphatic rings. The number of hydrogen-bond donors (Lipinski definition) is 2. The third-order valence-electron chi connectivity index (χ3n) is 5.27. The summed E-state index contributed by atoms with van der Waals surface area (Å²) in [6, 6.07) is 26.2. The van der Waals surface area contributed by atoms with Crippen LogP contribution in [0.5, 0.6) is 23.0 Å². The maximum absolute atomic E-state index is 10.2. The first-order chi connectivity index (χ1) is 16.6. The second kappa shape index (κ2) is 10.4. The van der Waals surface area contributed by atoms with Gasteiger partial charge in [0.1, 0.15) is 0 Å². The van der Waals surface area contributed by atoms with Gasteiger partial charge in [0.05, 0.1) is 25.6 Å². The van der Waals surface area contributed by atoms with Gasteiger partial charge in [0.15, 0.2) is 23.0 Å². The molecule has 170 valence electrons. The summed E-state index contributed by atoms with van der Waals surface area (Å²) in [4.78, 5) is 8.89. The average Bonchev–Trinajstić information content (AvgIpc) is 2.88. The Balaban J connectivity index is 1.45. The van der Waals surface area contributed by atoms with Gasteiger partial charge in [-0.15, -0.1) is 0 Å². The number of rotatable bonds is 7. The molecule has 6 nitrogen and oxygen atoms in total. The summed E-state index contributed by atoms with van der Waals surface area (Å²) in [6.45, 7) is 0. The van der Waals surface area contributed by atoms with Gasteiger partial charge < -0.3 is 19.7 Å². The van der Waals surface area contributed by atoms with Gasteiger partial charge >= 0.3 is 0 Å². The summed E-state index contributed by atoms with van der Waals surface area (Å²) < 4.78 is 10.3. The molecule has 0 amide bonds. The van der Waals surface area contributed by atoms with Crippen LogP contribution in [0.25, 0.3) is 11.1 Å². The summed E-state index contributed by atoms with van der Waals surface area (Å²) in [5, 5.41) is 20.4. The summed E-state index contributed by atoms with van der Waals surface area (Å²) in [7, 11) is 3.03. The molecule has 0 unspecified atom stereocenters. The van der Waals surface area contributed by atoms with Crippen LogP contribution in [0.15, 0.2) is 94.9 Å². The normalized spacial score (nSPS) is 11.2. The molecule has 2 N–H and O–H groups in total. The van der Waals surface area contributed by atoms with Gasteiger partial charge in [-0.2, -0.15) is 0 Å². The molecule has 6 heteroatoms. The highest BCUT2D eigenvalue weighted by Gasteiger charge is 2.06. The monoisotopic (exact) mass is 452 g/mol. The van der Waals surface area contributed by atoms with Crippen molar-refractivity contribution in [3.8, 4) is 34.1 Å². The Morgan fingerprint density at radius 2 is 0.941 bits per heavy atom. The number of aromatic hydroxyl groups is 2. The number of nitrogens with zero attached hydrogens (tertiary/aromatic N) is 2. The van der Waals surface area contributed by atoms with Gasteiger partial charge in [0.2, 0.25) is 0 Å². The lowest BCUT2D eigenvalue weighted by Crippen LogP contribution is -1.88. The van der Waals surface area contributed by atoms with Crippen LogP contribution < -0.4 is 9.47 Å². The maximum atomic E-state index is 10.2. The van der Waals surface area contributed by atoms with E-state index in [1.165, 1.54) is 14.2 Å². The molecule has 0 saturated heterocycles. The summed E-state index contributed by atoms with van der Waals surface area (Å²) >= 11 is 0. The smallest absolute Gasteiger partial charge is 0.166 e. The van der Waals surface area contributed by atoms with E-state index in [2.05, 4.69) is 9.98 Å². The fourth-order valence-electron chi connectivity index (χ4n) is 3.38. The Kier molecular flexibility index (Phi) is 6.89. The first-order valence-electron chi connectivity index (χ1n) is 10.6. The van der Waals surface area contributed by atoms with Crippen LogP contribution in [0.2, 0.25) is 0 Å². The first-order valence-corrected chi connectivity index (χ1v) is 10.6. The predicted molar refractivity (Wildman–Crippen MR) is 136 cm³/mol. The fourth-order valence-corrected chi connectivity index (χ4v) is 3.38. The van der Waals surface area contributed by atoms with E-state index in [0.717, 1.165) is 22.5 Å². The number of phenols is 2. The zero-order valence-corrected chi connectivity index (χ0v) is 18.8. The Hall–Kier alpha value is -4.58. The van der Waals surface area contributed by atoms with Crippen LogP contribution in [-0.2, 0) is 0 Å². The van der Waals surface area contributed by atoms with Crippen LogP contribution in [0, 0.1) is 0 Å². The summed E-state index contributed by atoms with van der Waals surface area (Å²) in [5.41, 5.74) is 4.80. The third-order valence-corrected chi connectivity index (χ3v) is 5.27. The standard InChI is InChI=1S/C28H24N2O4/c1-33-25-7-3-5-21(27(25)31)17-29-23-13-9-19(10-14-23)20-11-15-24(16-12-20)30-18-22-6-4-8-26(34-2)28(22)32/h3-18,31-32H,1-2H3. The second-order valence-electron chi connectivity index (χ2n) is 7.41. The predicted octanol–water partition coefficient (Wildman–Crippen LogP) is 6.28. The van der Waals surface area contributed by atoms with E-state index in [1.807, 2.05) is 48.5 Å². The lowest BCUT2D eigenvalue weighted by atomic mass is 10.1. The van der Waals surface area contributed by atoms with E-state index in [9.17, 15) is 10.2 Å². The highest BCUT2D eigenvalue weighted by Crippen LogP contribution is 2.30. The van der Waals surface area contributed by atoms with E-state index >= 15 is 0 Å². The van der Waals surface area contributed by atoms with Crippen molar-refractivity contribution in [2.24, 2.45) is 9.98 Å². The molecule has 0 radical (unpaired) electrons. The number of methoxy groups -OCH3 is 2. The van der Waals surface area contributed by atoms with E-state index in [0.29, 0.717) is 22.6 Å². The number of aliphatic imine (C=N–C) groups is 2. The number of phenolic OH excluding ortho intramolecular Hbond substituents is 2. The SMILES string of the molecule is COc1cccc(C=Nc2ccc(-c3ccc(N=Cc4cccc(OC)c4O)cc3)cc2)c1O. The highest BCUT2D eigenvalue weighted by atomic mass is 16.5. The molecule has 0 aliphatic carbocycles. The van der Waals surface area contributed by atoms with Crippen LogP contribution in [-0.4, -0.2) is 36.9 Å². The van der Waals surface area contributed by atoms with Crippen LogP contribution in [0.3, 0.4) is 0 Å². The topological polar surface area (TPSA) is 83.6 Å². The Labute approximate surface area is 198 Å². The van der Waals surface area contributed by atoms with Crippen molar-refractivity contribution in [3.63, 3.8) is 0 Å². The Morgan fingerprint density at radius 3 is 1.29 bits per heavy atom. The summed E-state index contributed by atoms with van der Waals surface area (Å²) in [5.74, 6) is 0.948. The minimum absolute atomic E-state index is 0.0646. The van der Waals surface area contributed by atoms with Gasteiger partial charge in [0, 0.05) is 23.6 Å². The molecule has 0 aliphatic heterocycles. The molecule has 4 aromatic carbocycles. The molecular weight excluding hydrogens is 428 g/mol. The van der Waals surface area contributed by atoms with Gasteiger partial charge in [0.25, 0.3) is 0 Å². The Morgan fingerprint density at radius 1 is 0.559 bits per heavy atom. The molecule has 34 heavy (non-hydrogen) atoms. The van der Waals surface area contributed by atoms with Crippen molar-refractivity contribution >= 4 is 23.8 Å². The highest BCUT2D eigenvalue weighted by molar-refractivity contribution is 5.87. The molecule has 0 heterocycles. The van der Waals surface area contributed by atoms with Gasteiger partial charge in [-0.25, -0.2) is 0 Å². The lowest BCUT2D eigenvalue weighted by Gasteiger charge is -2.06. The van der Waals surface area contributed by atoms with Crippen LogP contribution in [0.1, 0.15) is 11.1 Å². The maximum Gasteiger partial charge on any atom is 0.166 e. The van der Waals surface area contributed by atoms with Crippen molar-refractivity contribution in [1.82, 2.24) is 0 Å². The van der Waals surface area contributed by atoms with E-state index in [1.54, 1.807) is 48.8 Å². The zero-order chi connectivity index (χ0) is 23.9. The largest absolute Gasteiger partial charge is 0.504 e. The van der Waals surface area contributed by atoms with Gasteiger partial charge in [-0.1, -0.05) is 36.4 Å². The van der Waals surface area contributed by atoms with Crippen molar-refractivity contribution < 1.29 is 19.7 Å². The molecule has 0 saturated carbocycles. The van der Waals surface area contributed by atoms with Crippen molar-refractivity contribution in [2.45, 2.75) is 0 Å². The van der Waals surface area contributed by atoms with Gasteiger partial charge in [-0.05, 0) is 59.7 Å². The summed E-state index contributed by atoms with van der Waals surface area (Å²) in [6.07, 6.45) is 3.22. The molecule has 4 rings (SSSR count). The number of para-hydroxylation sites is 2. The molecule has 0 spiro atoms. The van der Waals surface area contributed by atoms with Gasteiger partial charge in [-0.3, -0.25) is 9.98 Å². The molecule has 0 fully saturated rings. The second-order valence-corrected chi connectivity index (χ2v) is 7.41. The number of ether oxygens (including phenoxy) is 2. The van der Waals surface area contributed by atoms with Crippen LogP contribution in [0.4, 0.5) is 11.4 Å². The van der Waals surface area contributed by atoms with E-state index < -0.39 is 0 Å². The first kappa shape index (κ1) is 22.6. The molecule has 0 atom stereocenters. The van der Waals surface area contributed by atoms with Crippen molar-refractivity contribution in [1.29, 1.82) is 0 Å². The fraction of sp³-hybridized carbons (Fsp3) is 0.0714. The lowest BCUT2D eigenvalue weighted by molar-refractivity contribution is 0.373. The minimum atomic E-state index is 0.0646. The minimum Gasteiger partial charge on any atom is -0.504 e. The van der Waals surface area contributed by atoms with E-state index in [4.69, 9.17) is 9.47 Å². The average molecular weight is 453 g/mol.